The lowest BCUT2D eigenvalue weighted by Gasteiger charge is -2.45. The van der Waals surface area contributed by atoms with E-state index in [4.69, 9.17) is 4.74 Å². The first-order valence-electron chi connectivity index (χ1n) is 8.79. The first-order chi connectivity index (χ1) is 12.3. The summed E-state index contributed by atoms with van der Waals surface area (Å²) in [6, 6.07) is 2.24. The van der Waals surface area contributed by atoms with Crippen molar-refractivity contribution < 1.29 is 13.7 Å². The number of aryl methyl sites for hydroxylation is 1. The molecule has 0 aliphatic carbocycles. The molecule has 0 bridgehead atoms. The normalized spacial score (nSPS) is 29.0. The van der Waals surface area contributed by atoms with Crippen LogP contribution in [0.3, 0.4) is 0 Å². The van der Waals surface area contributed by atoms with Crippen LogP contribution in [-0.4, -0.2) is 51.3 Å². The summed E-state index contributed by atoms with van der Waals surface area (Å²) in [7, 11) is -2.49. The fourth-order valence-electron chi connectivity index (χ4n) is 3.30. The van der Waals surface area contributed by atoms with Gasteiger partial charge in [0, 0.05) is 30.5 Å². The van der Waals surface area contributed by atoms with Crippen molar-refractivity contribution in [3.05, 3.63) is 11.3 Å². The molecule has 0 radical (unpaired) electrons. The number of morpholine rings is 1. The van der Waals surface area contributed by atoms with Crippen molar-refractivity contribution in [1.29, 1.82) is 5.26 Å². The predicted octanol–water partition coefficient (Wildman–Crippen LogP) is 2.34. The second-order valence-corrected chi connectivity index (χ2v) is 10.6. The van der Waals surface area contributed by atoms with Crippen LogP contribution in [0.2, 0.25) is 0 Å². The molecule has 142 valence electrons. The van der Waals surface area contributed by atoms with E-state index in [0.717, 1.165) is 10.7 Å². The zero-order valence-electron chi connectivity index (χ0n) is 15.4. The summed E-state index contributed by atoms with van der Waals surface area (Å²) in [6.45, 7) is 7.30. The number of nitriles is 1. The fraction of sp³-hybridized carbons (Fsp3) is 0.706. The maximum Gasteiger partial charge on any atom is 0.256 e. The van der Waals surface area contributed by atoms with Gasteiger partial charge in [0.15, 0.2) is 0 Å². The van der Waals surface area contributed by atoms with Gasteiger partial charge in [0.1, 0.15) is 16.6 Å². The minimum absolute atomic E-state index is 0.232. The Kier molecular flexibility index (Phi) is 5.37. The largest absolute Gasteiger partial charge is 0.371 e. The smallest absolute Gasteiger partial charge is 0.256 e. The third kappa shape index (κ3) is 3.77. The third-order valence-electron chi connectivity index (χ3n) is 5.00. The highest BCUT2D eigenvalue weighted by Crippen LogP contribution is 2.36. The lowest BCUT2D eigenvalue weighted by Crippen LogP contribution is -2.55. The van der Waals surface area contributed by atoms with Gasteiger partial charge in [0.05, 0.1) is 27.6 Å². The van der Waals surface area contributed by atoms with Crippen molar-refractivity contribution in [1.82, 2.24) is 4.37 Å². The van der Waals surface area contributed by atoms with Gasteiger partial charge >= 0.3 is 0 Å². The van der Waals surface area contributed by atoms with Gasteiger partial charge in [-0.3, -0.25) is 4.79 Å². The van der Waals surface area contributed by atoms with E-state index in [2.05, 4.69) is 19.7 Å². The van der Waals surface area contributed by atoms with Crippen LogP contribution < -0.4 is 4.90 Å². The standard InChI is InChI=1S/C17H24N4O3S2/c1-12(2)15(22)20-26(23)8-4-17(5-9-26)11-21(6-7-24-17)16-14(10-18)13(3)19-25-16/h12H,4-9,11H2,1-3H3. The predicted molar refractivity (Wildman–Crippen MR) is 102 cm³/mol. The van der Waals surface area contributed by atoms with E-state index in [1.807, 2.05) is 6.92 Å². The molecule has 0 saturated carbocycles. The van der Waals surface area contributed by atoms with Gasteiger partial charge in [-0.1, -0.05) is 13.8 Å². The molecule has 1 spiro atoms. The van der Waals surface area contributed by atoms with Gasteiger partial charge in [0.2, 0.25) is 0 Å². The van der Waals surface area contributed by atoms with Crippen molar-refractivity contribution in [2.45, 2.75) is 39.2 Å². The van der Waals surface area contributed by atoms with Crippen LogP contribution in [0.5, 0.6) is 0 Å². The minimum atomic E-state index is -2.49. The molecule has 2 fully saturated rings. The summed E-state index contributed by atoms with van der Waals surface area (Å²) in [5, 5.41) is 10.3. The fourth-order valence-corrected chi connectivity index (χ4v) is 6.48. The molecule has 0 aromatic carbocycles. The zero-order valence-corrected chi connectivity index (χ0v) is 17.0. The van der Waals surface area contributed by atoms with E-state index in [-0.39, 0.29) is 17.4 Å². The molecule has 1 aromatic rings. The Morgan fingerprint density at radius 2 is 2.15 bits per heavy atom. The molecule has 2 saturated heterocycles. The monoisotopic (exact) mass is 396 g/mol. The summed E-state index contributed by atoms with van der Waals surface area (Å²) < 4.78 is 27.3. The summed E-state index contributed by atoms with van der Waals surface area (Å²) >= 11 is 1.34. The second kappa shape index (κ2) is 7.25. The molecule has 3 heterocycles. The first-order valence-corrected chi connectivity index (χ1v) is 11.4. The molecule has 2 aliphatic rings. The van der Waals surface area contributed by atoms with Gasteiger partial charge < -0.3 is 9.64 Å². The van der Waals surface area contributed by atoms with E-state index in [0.29, 0.717) is 49.6 Å². The van der Waals surface area contributed by atoms with Gasteiger partial charge in [0.25, 0.3) is 5.91 Å². The number of ether oxygens (including phenoxy) is 1. The SMILES string of the molecule is Cc1nsc(N2CCOC3(CCS(=O)(=NC(=O)C(C)C)CC3)C2)c1C#N. The zero-order chi connectivity index (χ0) is 18.9. The van der Waals surface area contributed by atoms with Gasteiger partial charge in [-0.15, -0.1) is 0 Å². The molecular formula is C17H24N4O3S2. The Morgan fingerprint density at radius 1 is 1.46 bits per heavy atom. The van der Waals surface area contributed by atoms with Crippen LogP contribution >= 0.6 is 11.5 Å². The molecule has 26 heavy (non-hydrogen) atoms. The highest BCUT2D eigenvalue weighted by molar-refractivity contribution is 7.93. The van der Waals surface area contributed by atoms with Crippen molar-refractivity contribution in [2.24, 2.45) is 10.3 Å². The summed E-state index contributed by atoms with van der Waals surface area (Å²) in [5.41, 5.74) is 0.995. The molecule has 9 heteroatoms. The van der Waals surface area contributed by atoms with Crippen LogP contribution in [0.4, 0.5) is 5.00 Å². The Labute approximate surface area is 158 Å². The number of rotatable bonds is 2. The summed E-state index contributed by atoms with van der Waals surface area (Å²) in [5.74, 6) is 0.249. The highest BCUT2D eigenvalue weighted by Gasteiger charge is 2.42. The molecule has 1 aromatic heterocycles. The minimum Gasteiger partial charge on any atom is -0.371 e. The maximum atomic E-state index is 12.9. The van der Waals surface area contributed by atoms with Gasteiger partial charge in [-0.05, 0) is 31.3 Å². The number of carbonyl (C=O) groups excluding carboxylic acids is 1. The Bertz CT molecular complexity index is 848. The number of hydrogen-bond donors (Lipinski definition) is 0. The molecule has 0 atom stereocenters. The number of hydrogen-bond acceptors (Lipinski definition) is 7. The molecule has 0 unspecified atom stereocenters. The average Bonchev–Trinajstić information content (AvgIpc) is 2.99. The Hall–Kier alpha value is -1.50. The van der Waals surface area contributed by atoms with Crippen molar-refractivity contribution in [2.75, 3.05) is 36.1 Å². The maximum absolute atomic E-state index is 12.9. The number of nitrogens with zero attached hydrogens (tertiary/aromatic N) is 4. The number of carbonyl (C=O) groups is 1. The first kappa shape index (κ1) is 19.3. The molecule has 7 nitrogen and oxygen atoms in total. The Balaban J connectivity index is 1.76. The highest BCUT2D eigenvalue weighted by atomic mass is 32.2. The lowest BCUT2D eigenvalue weighted by atomic mass is 9.94. The van der Waals surface area contributed by atoms with Gasteiger partial charge in [-0.2, -0.15) is 14.0 Å². The lowest BCUT2D eigenvalue weighted by molar-refractivity contribution is -0.120. The number of amides is 1. The molecule has 3 rings (SSSR count). The summed E-state index contributed by atoms with van der Waals surface area (Å²) in [4.78, 5) is 14.0. The van der Waals surface area contributed by atoms with Crippen LogP contribution in [0.25, 0.3) is 0 Å². The van der Waals surface area contributed by atoms with Crippen molar-refractivity contribution in [3.8, 4) is 6.07 Å². The van der Waals surface area contributed by atoms with Crippen molar-refractivity contribution in [3.63, 3.8) is 0 Å². The van der Waals surface area contributed by atoms with E-state index >= 15 is 0 Å². The molecule has 0 N–H and O–H groups in total. The van der Waals surface area contributed by atoms with Gasteiger partial charge in [-0.25, -0.2) is 4.21 Å². The average molecular weight is 397 g/mol. The van der Waals surface area contributed by atoms with Crippen LogP contribution in [-0.2, 0) is 19.3 Å². The number of anilines is 1. The van der Waals surface area contributed by atoms with Crippen LogP contribution in [0.1, 0.15) is 37.9 Å². The number of aromatic nitrogens is 1. The van der Waals surface area contributed by atoms with E-state index in [1.54, 1.807) is 13.8 Å². The quantitative estimate of drug-likeness (QED) is 0.761. The summed E-state index contributed by atoms with van der Waals surface area (Å²) in [6.07, 6.45) is 1.22. The topological polar surface area (TPSA) is 95.7 Å². The van der Waals surface area contributed by atoms with E-state index in [9.17, 15) is 14.3 Å². The van der Waals surface area contributed by atoms with Crippen LogP contribution in [0.15, 0.2) is 4.36 Å². The third-order valence-corrected chi connectivity index (χ3v) is 8.19. The second-order valence-electron chi connectivity index (χ2n) is 7.28. The molecule has 1 amide bonds. The molecular weight excluding hydrogens is 372 g/mol. The van der Waals surface area contributed by atoms with E-state index < -0.39 is 9.73 Å². The molecule has 2 aliphatic heterocycles. The van der Waals surface area contributed by atoms with Crippen LogP contribution in [0, 0.1) is 24.2 Å². The van der Waals surface area contributed by atoms with E-state index in [1.165, 1.54) is 11.5 Å². The Morgan fingerprint density at radius 3 is 2.77 bits per heavy atom. The van der Waals surface area contributed by atoms with Crippen molar-refractivity contribution >= 4 is 32.2 Å².